The lowest BCUT2D eigenvalue weighted by Crippen LogP contribution is -2.15. The summed E-state index contributed by atoms with van der Waals surface area (Å²) in [5.41, 5.74) is 8.37. The van der Waals surface area contributed by atoms with Gasteiger partial charge in [0.15, 0.2) is 0 Å². The van der Waals surface area contributed by atoms with Gasteiger partial charge in [-0.25, -0.2) is 8.42 Å². The van der Waals surface area contributed by atoms with Crippen molar-refractivity contribution in [3.8, 4) is 0 Å². The third-order valence-corrected chi connectivity index (χ3v) is 5.49. The van der Waals surface area contributed by atoms with Crippen molar-refractivity contribution in [1.82, 2.24) is 10.2 Å². The number of anilines is 1. The van der Waals surface area contributed by atoms with Gasteiger partial charge in [0.25, 0.3) is 10.0 Å². The van der Waals surface area contributed by atoms with Crippen molar-refractivity contribution in [2.45, 2.75) is 18.4 Å². The van der Waals surface area contributed by atoms with E-state index in [1.165, 1.54) is 5.51 Å². The van der Waals surface area contributed by atoms with E-state index in [9.17, 15) is 8.42 Å². The van der Waals surface area contributed by atoms with Crippen LogP contribution in [0.5, 0.6) is 0 Å². The molecule has 2 rings (SSSR count). The predicted molar refractivity (Wildman–Crippen MR) is 77.5 cm³/mol. The van der Waals surface area contributed by atoms with Crippen LogP contribution >= 0.6 is 27.3 Å². The van der Waals surface area contributed by atoms with E-state index in [0.717, 1.165) is 16.9 Å². The van der Waals surface area contributed by atoms with Gasteiger partial charge in [-0.05, 0) is 30.2 Å². The Kier molecular flexibility index (Phi) is 4.19. The summed E-state index contributed by atoms with van der Waals surface area (Å²) in [6.45, 7) is 1.99. The number of nitrogens with one attached hydrogen (secondary N) is 1. The van der Waals surface area contributed by atoms with Crippen LogP contribution in [0.3, 0.4) is 0 Å². The molecule has 0 aliphatic heterocycles. The van der Waals surface area contributed by atoms with Crippen LogP contribution in [0.2, 0.25) is 0 Å². The van der Waals surface area contributed by atoms with Crippen LogP contribution < -0.4 is 10.5 Å². The van der Waals surface area contributed by atoms with Crippen molar-refractivity contribution in [2.24, 2.45) is 5.73 Å². The van der Waals surface area contributed by atoms with Crippen molar-refractivity contribution in [2.75, 3.05) is 4.72 Å². The van der Waals surface area contributed by atoms with Gasteiger partial charge in [-0.1, -0.05) is 27.3 Å². The number of halogens is 1. The Morgan fingerprint density at radius 2 is 2.21 bits per heavy atom. The van der Waals surface area contributed by atoms with Gasteiger partial charge in [-0.2, -0.15) is 0 Å². The number of hydrogen-bond donors (Lipinski definition) is 2. The van der Waals surface area contributed by atoms with Crippen LogP contribution in [-0.2, 0) is 16.6 Å². The molecule has 0 bridgehead atoms. The summed E-state index contributed by atoms with van der Waals surface area (Å²) >= 11 is 4.45. The lowest BCUT2D eigenvalue weighted by atomic mass is 10.1. The highest BCUT2D eigenvalue weighted by molar-refractivity contribution is 9.10. The summed E-state index contributed by atoms with van der Waals surface area (Å²) in [5.74, 6) is 0. The zero-order valence-corrected chi connectivity index (χ0v) is 13.1. The number of aromatic nitrogens is 2. The van der Waals surface area contributed by atoms with Gasteiger partial charge in [0.1, 0.15) is 5.51 Å². The van der Waals surface area contributed by atoms with Crippen molar-refractivity contribution < 1.29 is 8.42 Å². The zero-order valence-electron chi connectivity index (χ0n) is 9.92. The van der Waals surface area contributed by atoms with Crippen LogP contribution in [0, 0.1) is 6.92 Å². The highest BCUT2D eigenvalue weighted by Crippen LogP contribution is 2.27. The highest BCUT2D eigenvalue weighted by atomic mass is 79.9. The van der Waals surface area contributed by atoms with E-state index in [1.807, 2.05) is 0 Å². The second kappa shape index (κ2) is 5.53. The van der Waals surface area contributed by atoms with E-state index in [1.54, 1.807) is 19.1 Å². The molecule has 1 aromatic heterocycles. The summed E-state index contributed by atoms with van der Waals surface area (Å²) in [4.78, 5) is 0.178. The Hall–Kier alpha value is -1.03. The van der Waals surface area contributed by atoms with Gasteiger partial charge in [0, 0.05) is 11.0 Å². The number of sulfonamides is 1. The minimum Gasteiger partial charge on any atom is -0.326 e. The fourth-order valence-electron chi connectivity index (χ4n) is 1.49. The first-order valence-corrected chi connectivity index (χ1v) is 8.37. The molecule has 0 aliphatic rings. The quantitative estimate of drug-likeness (QED) is 0.864. The van der Waals surface area contributed by atoms with Crippen LogP contribution in [0.4, 0.5) is 5.13 Å². The van der Waals surface area contributed by atoms with Crippen molar-refractivity contribution >= 4 is 42.4 Å². The van der Waals surface area contributed by atoms with Crippen molar-refractivity contribution in [3.63, 3.8) is 0 Å². The lowest BCUT2D eigenvalue weighted by molar-refractivity contribution is 0.600. The number of benzene rings is 1. The number of rotatable bonds is 4. The van der Waals surface area contributed by atoms with Crippen molar-refractivity contribution in [1.29, 1.82) is 0 Å². The maximum Gasteiger partial charge on any atom is 0.264 e. The largest absolute Gasteiger partial charge is 0.326 e. The second-order valence-electron chi connectivity index (χ2n) is 3.75. The lowest BCUT2D eigenvalue weighted by Gasteiger charge is -2.11. The fraction of sp³-hybridized carbons (Fsp3) is 0.200. The molecule has 0 radical (unpaired) electrons. The van der Waals surface area contributed by atoms with Gasteiger partial charge in [-0.3, -0.25) is 4.72 Å². The first-order chi connectivity index (χ1) is 8.94. The zero-order chi connectivity index (χ0) is 14.0. The second-order valence-corrected chi connectivity index (χ2v) is 7.09. The average molecular weight is 363 g/mol. The highest BCUT2D eigenvalue weighted by Gasteiger charge is 2.20. The molecule has 0 saturated carbocycles. The first kappa shape index (κ1) is 14.4. The molecule has 102 valence electrons. The number of nitrogens with zero attached hydrogens (tertiary/aromatic N) is 2. The van der Waals surface area contributed by atoms with E-state index in [2.05, 4.69) is 30.8 Å². The molecule has 0 spiro atoms. The number of nitrogens with two attached hydrogens (primary N) is 1. The van der Waals surface area contributed by atoms with E-state index in [0.29, 0.717) is 10.0 Å². The maximum atomic E-state index is 12.3. The molecule has 3 N–H and O–H groups in total. The van der Waals surface area contributed by atoms with E-state index >= 15 is 0 Å². The first-order valence-electron chi connectivity index (χ1n) is 5.22. The van der Waals surface area contributed by atoms with Crippen molar-refractivity contribution in [3.05, 3.63) is 33.2 Å². The summed E-state index contributed by atoms with van der Waals surface area (Å²) in [5, 5.41) is 7.48. The van der Waals surface area contributed by atoms with E-state index in [-0.39, 0.29) is 16.6 Å². The predicted octanol–water partition coefficient (Wildman–Crippen LogP) is 1.87. The standard InChI is InChI=1S/C10H11BrN4O2S2/c1-6-8(11)2-7(4-12)3-9(6)19(16,17)15-10-14-13-5-18-10/h2-3,5H,4,12H2,1H3,(H,14,15). The average Bonchev–Trinajstić information content (AvgIpc) is 2.84. The van der Waals surface area contributed by atoms with E-state index in [4.69, 9.17) is 5.73 Å². The molecule has 0 unspecified atom stereocenters. The Bertz CT molecular complexity index is 686. The molecule has 0 fully saturated rings. The molecular formula is C10H11BrN4O2S2. The Morgan fingerprint density at radius 1 is 1.47 bits per heavy atom. The Balaban J connectivity index is 2.48. The van der Waals surface area contributed by atoms with Crippen LogP contribution in [0.25, 0.3) is 0 Å². The van der Waals surface area contributed by atoms with Gasteiger partial charge >= 0.3 is 0 Å². The molecule has 0 aliphatic carbocycles. The van der Waals surface area contributed by atoms with Crippen LogP contribution in [-0.4, -0.2) is 18.6 Å². The molecular weight excluding hydrogens is 352 g/mol. The van der Waals surface area contributed by atoms with E-state index < -0.39 is 10.0 Å². The maximum absolute atomic E-state index is 12.3. The monoisotopic (exact) mass is 362 g/mol. The number of hydrogen-bond acceptors (Lipinski definition) is 6. The SMILES string of the molecule is Cc1c(Br)cc(CN)cc1S(=O)(=O)Nc1nncs1. The molecule has 0 saturated heterocycles. The van der Waals surface area contributed by atoms with Gasteiger partial charge < -0.3 is 5.73 Å². The Morgan fingerprint density at radius 3 is 2.79 bits per heavy atom. The molecule has 0 atom stereocenters. The Labute approximate surface area is 123 Å². The summed E-state index contributed by atoms with van der Waals surface area (Å²) in [6, 6.07) is 3.36. The van der Waals surface area contributed by atoms with Crippen LogP contribution in [0.15, 0.2) is 27.0 Å². The topological polar surface area (TPSA) is 98.0 Å². The van der Waals surface area contributed by atoms with Gasteiger partial charge in [-0.15, -0.1) is 10.2 Å². The van der Waals surface area contributed by atoms with Gasteiger partial charge in [0.05, 0.1) is 4.90 Å². The summed E-state index contributed by atoms with van der Waals surface area (Å²) in [6.07, 6.45) is 0. The summed E-state index contributed by atoms with van der Waals surface area (Å²) in [7, 11) is -3.70. The molecule has 19 heavy (non-hydrogen) atoms. The normalized spacial score (nSPS) is 11.5. The third kappa shape index (κ3) is 3.11. The molecule has 0 amide bonds. The van der Waals surface area contributed by atoms with Crippen LogP contribution in [0.1, 0.15) is 11.1 Å². The fourth-order valence-corrected chi connectivity index (χ4v) is 4.14. The smallest absolute Gasteiger partial charge is 0.264 e. The molecule has 6 nitrogen and oxygen atoms in total. The summed E-state index contributed by atoms with van der Waals surface area (Å²) < 4.78 is 27.7. The third-order valence-electron chi connectivity index (χ3n) is 2.46. The molecule has 1 heterocycles. The molecule has 1 aromatic carbocycles. The molecule has 2 aromatic rings. The van der Waals surface area contributed by atoms with Gasteiger partial charge in [0.2, 0.25) is 5.13 Å². The molecule has 9 heteroatoms. The minimum absolute atomic E-state index is 0.178. The minimum atomic E-state index is -3.70.